The van der Waals surface area contributed by atoms with Crippen LogP contribution >= 0.6 is 0 Å². The number of anilines is 2. The number of hydrogen-bond donors (Lipinski definition) is 1. The van der Waals surface area contributed by atoms with Gasteiger partial charge in [-0.25, -0.2) is 4.90 Å². The van der Waals surface area contributed by atoms with Gasteiger partial charge in [0.15, 0.2) is 0 Å². The van der Waals surface area contributed by atoms with Crippen LogP contribution in [-0.4, -0.2) is 25.5 Å². The van der Waals surface area contributed by atoms with E-state index >= 15 is 0 Å². The molecule has 33 heavy (non-hydrogen) atoms. The molecule has 0 radical (unpaired) electrons. The van der Waals surface area contributed by atoms with Gasteiger partial charge in [-0.05, 0) is 61.7 Å². The molecule has 0 bridgehead atoms. The summed E-state index contributed by atoms with van der Waals surface area (Å²) in [7, 11) is 1.51. The predicted octanol–water partition coefficient (Wildman–Crippen LogP) is 5.11. The van der Waals surface area contributed by atoms with Gasteiger partial charge in [0, 0.05) is 11.8 Å². The molecule has 3 aromatic carbocycles. The molecule has 1 aliphatic rings. The number of rotatable bonds is 7. The Kier molecular flexibility index (Phi) is 6.18. The van der Waals surface area contributed by atoms with E-state index in [-0.39, 0.29) is 5.70 Å². The molecule has 0 aromatic heterocycles. The number of aryl methyl sites for hydroxylation is 2. The van der Waals surface area contributed by atoms with Crippen LogP contribution in [0.4, 0.5) is 11.4 Å². The van der Waals surface area contributed by atoms with Gasteiger partial charge in [0.2, 0.25) is 0 Å². The van der Waals surface area contributed by atoms with Gasteiger partial charge in [-0.15, -0.1) is 0 Å². The monoisotopic (exact) mass is 442 g/mol. The number of nitrogens with zero attached hydrogens (tertiary/aromatic N) is 1. The summed E-state index contributed by atoms with van der Waals surface area (Å²) in [5.41, 5.74) is 4.40. The van der Waals surface area contributed by atoms with Crippen molar-refractivity contribution < 1.29 is 19.1 Å². The number of carbonyl (C=O) groups is 2. The fourth-order valence-electron chi connectivity index (χ4n) is 3.82. The van der Waals surface area contributed by atoms with Crippen molar-refractivity contribution >= 4 is 28.8 Å². The largest absolute Gasteiger partial charge is 0.495 e. The number of ether oxygens (including phenoxy) is 2. The molecule has 6 nitrogen and oxygen atoms in total. The van der Waals surface area contributed by atoms with Crippen LogP contribution in [-0.2, 0) is 9.59 Å². The Morgan fingerprint density at radius 3 is 2.39 bits per heavy atom. The summed E-state index contributed by atoms with van der Waals surface area (Å²) in [5, 5.41) is 3.19. The third-order valence-corrected chi connectivity index (χ3v) is 5.62. The highest BCUT2D eigenvalue weighted by molar-refractivity contribution is 6.46. The fourth-order valence-corrected chi connectivity index (χ4v) is 3.82. The molecule has 2 amide bonds. The second kappa shape index (κ2) is 9.20. The molecular formula is C27H26N2O4. The van der Waals surface area contributed by atoms with E-state index in [0.29, 0.717) is 40.6 Å². The Hall–Kier alpha value is -4.06. The zero-order chi connectivity index (χ0) is 23.5. The molecule has 3 aromatic rings. The first-order valence-electron chi connectivity index (χ1n) is 10.8. The third kappa shape index (κ3) is 4.20. The summed E-state index contributed by atoms with van der Waals surface area (Å²) >= 11 is 0. The lowest BCUT2D eigenvalue weighted by atomic mass is 9.99. The minimum absolute atomic E-state index is 0.211. The fraction of sp³-hybridized carbons (Fsp3) is 0.185. The maximum Gasteiger partial charge on any atom is 0.282 e. The maximum atomic E-state index is 13.7. The number of hydrogen-bond acceptors (Lipinski definition) is 5. The standard InChI is InChI=1S/C27H26N2O4/c1-5-33-21-10-8-9-20(16-21)28-25-24(19-14-13-17(2)18(3)15-19)26(30)29(27(25)31)22-11-6-7-12-23(22)32-4/h6-16,28H,5H2,1-4H3. The summed E-state index contributed by atoms with van der Waals surface area (Å²) in [6.07, 6.45) is 0. The van der Waals surface area contributed by atoms with Crippen LogP contribution in [0.25, 0.3) is 5.57 Å². The Balaban J connectivity index is 1.84. The van der Waals surface area contributed by atoms with Crippen molar-refractivity contribution in [1.29, 1.82) is 0 Å². The van der Waals surface area contributed by atoms with E-state index in [2.05, 4.69) is 5.32 Å². The van der Waals surface area contributed by atoms with Crippen LogP contribution in [0.3, 0.4) is 0 Å². The number of carbonyl (C=O) groups excluding carboxylic acids is 2. The first-order chi connectivity index (χ1) is 15.9. The number of benzene rings is 3. The van der Waals surface area contributed by atoms with Crippen molar-refractivity contribution in [3.63, 3.8) is 0 Å². The molecule has 0 fully saturated rings. The van der Waals surface area contributed by atoms with Crippen LogP contribution in [0.5, 0.6) is 11.5 Å². The Morgan fingerprint density at radius 2 is 1.67 bits per heavy atom. The van der Waals surface area contributed by atoms with Crippen molar-refractivity contribution in [2.45, 2.75) is 20.8 Å². The number of amides is 2. The minimum Gasteiger partial charge on any atom is -0.495 e. The number of methoxy groups -OCH3 is 1. The van der Waals surface area contributed by atoms with Crippen LogP contribution in [0.15, 0.2) is 72.4 Å². The van der Waals surface area contributed by atoms with Gasteiger partial charge in [0.1, 0.15) is 17.2 Å². The smallest absolute Gasteiger partial charge is 0.282 e. The van der Waals surface area contributed by atoms with Crippen LogP contribution in [0.1, 0.15) is 23.6 Å². The normalized spacial score (nSPS) is 13.5. The van der Waals surface area contributed by atoms with Gasteiger partial charge < -0.3 is 14.8 Å². The number of para-hydroxylation sites is 2. The SMILES string of the molecule is CCOc1cccc(NC2=C(c3ccc(C)c(C)c3)C(=O)N(c3ccccc3OC)C2=O)c1. The highest BCUT2D eigenvalue weighted by Crippen LogP contribution is 2.38. The van der Waals surface area contributed by atoms with Gasteiger partial charge in [-0.2, -0.15) is 0 Å². The van der Waals surface area contributed by atoms with Crippen molar-refractivity contribution in [1.82, 2.24) is 0 Å². The molecule has 0 spiro atoms. The Bertz CT molecular complexity index is 1260. The topological polar surface area (TPSA) is 67.9 Å². The lowest BCUT2D eigenvalue weighted by Crippen LogP contribution is -2.32. The highest BCUT2D eigenvalue weighted by Gasteiger charge is 2.41. The first kappa shape index (κ1) is 22.1. The van der Waals surface area contributed by atoms with E-state index in [1.807, 2.05) is 57.2 Å². The van der Waals surface area contributed by atoms with Crippen molar-refractivity contribution in [2.24, 2.45) is 0 Å². The van der Waals surface area contributed by atoms with Crippen molar-refractivity contribution in [3.05, 3.63) is 89.1 Å². The van der Waals surface area contributed by atoms with Crippen molar-refractivity contribution in [3.8, 4) is 11.5 Å². The summed E-state index contributed by atoms with van der Waals surface area (Å²) in [6.45, 7) is 6.43. The minimum atomic E-state index is -0.445. The van der Waals surface area contributed by atoms with Gasteiger partial charge in [0.05, 0.1) is 25.0 Å². The Morgan fingerprint density at radius 1 is 0.879 bits per heavy atom. The van der Waals surface area contributed by atoms with Gasteiger partial charge in [0.25, 0.3) is 11.8 Å². The van der Waals surface area contributed by atoms with E-state index in [4.69, 9.17) is 9.47 Å². The van der Waals surface area contributed by atoms with Crippen molar-refractivity contribution in [2.75, 3.05) is 23.9 Å². The zero-order valence-corrected chi connectivity index (χ0v) is 19.1. The molecule has 0 aliphatic carbocycles. The molecule has 0 unspecified atom stereocenters. The average molecular weight is 443 g/mol. The quantitative estimate of drug-likeness (QED) is 0.515. The van der Waals surface area contributed by atoms with E-state index < -0.39 is 11.8 Å². The molecule has 4 rings (SSSR count). The molecule has 0 atom stereocenters. The summed E-state index contributed by atoms with van der Waals surface area (Å²) in [6, 6.07) is 20.1. The van der Waals surface area contributed by atoms with Gasteiger partial charge in [-0.3, -0.25) is 9.59 Å². The molecule has 1 heterocycles. The maximum absolute atomic E-state index is 13.7. The van der Waals surface area contributed by atoms with E-state index in [1.165, 1.54) is 7.11 Å². The number of nitrogens with one attached hydrogen (secondary N) is 1. The molecule has 6 heteroatoms. The van der Waals surface area contributed by atoms with Gasteiger partial charge >= 0.3 is 0 Å². The molecule has 0 saturated heterocycles. The van der Waals surface area contributed by atoms with E-state index in [0.717, 1.165) is 16.0 Å². The van der Waals surface area contributed by atoms with E-state index in [1.54, 1.807) is 30.3 Å². The number of imide groups is 1. The molecule has 1 N–H and O–H groups in total. The molecule has 168 valence electrons. The van der Waals surface area contributed by atoms with Crippen LogP contribution in [0, 0.1) is 13.8 Å². The van der Waals surface area contributed by atoms with Gasteiger partial charge in [-0.1, -0.05) is 36.4 Å². The van der Waals surface area contributed by atoms with Crippen LogP contribution < -0.4 is 19.7 Å². The second-order valence-electron chi connectivity index (χ2n) is 7.75. The zero-order valence-electron chi connectivity index (χ0n) is 19.1. The summed E-state index contributed by atoms with van der Waals surface area (Å²) < 4.78 is 11.0. The summed E-state index contributed by atoms with van der Waals surface area (Å²) in [4.78, 5) is 28.5. The lowest BCUT2D eigenvalue weighted by molar-refractivity contribution is -0.120. The first-order valence-corrected chi connectivity index (χ1v) is 10.8. The lowest BCUT2D eigenvalue weighted by Gasteiger charge is -2.18. The molecule has 1 aliphatic heterocycles. The molecular weight excluding hydrogens is 416 g/mol. The second-order valence-corrected chi connectivity index (χ2v) is 7.75. The molecule has 0 saturated carbocycles. The third-order valence-electron chi connectivity index (χ3n) is 5.62. The van der Waals surface area contributed by atoms with Crippen LogP contribution in [0.2, 0.25) is 0 Å². The average Bonchev–Trinajstić information content (AvgIpc) is 3.05. The highest BCUT2D eigenvalue weighted by atomic mass is 16.5. The summed E-state index contributed by atoms with van der Waals surface area (Å²) in [5.74, 6) is 0.267. The Labute approximate surface area is 193 Å². The predicted molar refractivity (Wildman–Crippen MR) is 130 cm³/mol. The van der Waals surface area contributed by atoms with E-state index in [9.17, 15) is 9.59 Å².